The minimum atomic E-state index is -0.212. The second kappa shape index (κ2) is 4.46. The summed E-state index contributed by atoms with van der Waals surface area (Å²) in [6.45, 7) is 0. The third-order valence-corrected chi connectivity index (χ3v) is 4.79. The highest BCUT2D eigenvalue weighted by molar-refractivity contribution is 7.80. The third-order valence-electron chi connectivity index (χ3n) is 4.30. The first kappa shape index (κ1) is 12.7. The van der Waals surface area contributed by atoms with Crippen LogP contribution in [0.25, 0.3) is 0 Å². The van der Waals surface area contributed by atoms with Gasteiger partial charge < -0.3 is 0 Å². The van der Waals surface area contributed by atoms with Crippen LogP contribution in [0, 0.1) is 0 Å². The molecule has 21 heavy (non-hydrogen) atoms. The molecule has 2 aliphatic rings. The van der Waals surface area contributed by atoms with E-state index in [1.165, 1.54) is 4.90 Å². The number of carbonyl (C=O) groups excluding carboxylic acids is 2. The summed E-state index contributed by atoms with van der Waals surface area (Å²) in [6.07, 6.45) is 0.675. The molecule has 0 N–H and O–H groups in total. The summed E-state index contributed by atoms with van der Waals surface area (Å²) < 4.78 is 0. The highest BCUT2D eigenvalue weighted by Crippen LogP contribution is 2.47. The fourth-order valence-electron chi connectivity index (χ4n) is 3.32. The Morgan fingerprint density at radius 2 is 1.38 bits per heavy atom. The van der Waals surface area contributed by atoms with E-state index in [4.69, 9.17) is 0 Å². The van der Waals surface area contributed by atoms with Crippen LogP contribution in [0.5, 0.6) is 0 Å². The maximum atomic E-state index is 12.6. The predicted octanol–water partition coefficient (Wildman–Crippen LogP) is 3.40. The predicted molar refractivity (Wildman–Crippen MR) is 82.5 cm³/mol. The molecule has 1 aliphatic heterocycles. The van der Waals surface area contributed by atoms with Crippen LogP contribution in [-0.2, 0) is 0 Å². The van der Waals surface area contributed by atoms with Gasteiger partial charge in [0.2, 0.25) is 0 Å². The van der Waals surface area contributed by atoms with Crippen molar-refractivity contribution in [2.75, 3.05) is 0 Å². The Morgan fingerprint density at radius 1 is 0.857 bits per heavy atom. The molecule has 2 atom stereocenters. The molecule has 4 rings (SSSR count). The number of fused-ring (bicyclic) bond motifs is 2. The molecule has 0 saturated heterocycles. The van der Waals surface area contributed by atoms with E-state index in [0.29, 0.717) is 17.5 Å². The summed E-state index contributed by atoms with van der Waals surface area (Å²) in [6, 6.07) is 14.7. The van der Waals surface area contributed by atoms with Gasteiger partial charge in [-0.25, -0.2) is 0 Å². The maximum Gasteiger partial charge on any atom is 0.262 e. The monoisotopic (exact) mass is 295 g/mol. The van der Waals surface area contributed by atoms with Gasteiger partial charge in [-0.05, 0) is 29.7 Å². The van der Waals surface area contributed by atoms with E-state index >= 15 is 0 Å². The van der Waals surface area contributed by atoms with Crippen LogP contribution in [0.15, 0.2) is 48.5 Å². The summed E-state index contributed by atoms with van der Waals surface area (Å²) in [5.41, 5.74) is 3.15. The van der Waals surface area contributed by atoms with Crippen LogP contribution in [0.2, 0.25) is 0 Å². The number of nitrogens with zero attached hydrogens (tertiary/aromatic N) is 1. The van der Waals surface area contributed by atoms with Crippen molar-refractivity contribution in [3.05, 3.63) is 70.8 Å². The largest absolute Gasteiger partial charge is 0.269 e. The highest BCUT2D eigenvalue weighted by Gasteiger charge is 2.44. The quantitative estimate of drug-likeness (QED) is 0.647. The second-order valence-corrected chi connectivity index (χ2v) is 6.05. The van der Waals surface area contributed by atoms with Gasteiger partial charge in [0, 0.05) is 5.25 Å². The van der Waals surface area contributed by atoms with E-state index < -0.39 is 0 Å². The van der Waals surface area contributed by atoms with E-state index in [0.717, 1.165) is 11.1 Å². The Hall–Kier alpha value is -2.07. The lowest BCUT2D eigenvalue weighted by Gasteiger charge is -2.23. The van der Waals surface area contributed by atoms with Gasteiger partial charge in [0.15, 0.2) is 0 Å². The normalized spacial score (nSPS) is 23.4. The zero-order valence-electron chi connectivity index (χ0n) is 11.2. The van der Waals surface area contributed by atoms with Gasteiger partial charge in [-0.1, -0.05) is 36.4 Å². The molecule has 3 nitrogen and oxygen atoms in total. The zero-order chi connectivity index (χ0) is 14.6. The average molecular weight is 295 g/mol. The fourth-order valence-corrected chi connectivity index (χ4v) is 3.75. The van der Waals surface area contributed by atoms with Gasteiger partial charge in [0.1, 0.15) is 0 Å². The molecular formula is C17H13NO2S. The molecule has 0 aromatic heterocycles. The van der Waals surface area contributed by atoms with Crippen molar-refractivity contribution in [1.82, 2.24) is 4.90 Å². The molecule has 2 unspecified atom stereocenters. The van der Waals surface area contributed by atoms with Crippen molar-refractivity contribution >= 4 is 24.4 Å². The van der Waals surface area contributed by atoms with Gasteiger partial charge in [0.05, 0.1) is 17.2 Å². The molecule has 0 bridgehead atoms. The Kier molecular flexibility index (Phi) is 2.69. The number of benzene rings is 2. The lowest BCUT2D eigenvalue weighted by Crippen LogP contribution is -2.33. The number of hydrogen-bond donors (Lipinski definition) is 1. The van der Waals surface area contributed by atoms with E-state index in [1.54, 1.807) is 24.3 Å². The van der Waals surface area contributed by atoms with Gasteiger partial charge >= 0.3 is 0 Å². The van der Waals surface area contributed by atoms with Crippen molar-refractivity contribution in [3.8, 4) is 0 Å². The second-order valence-electron chi connectivity index (χ2n) is 5.42. The van der Waals surface area contributed by atoms with Crippen LogP contribution in [0.4, 0.5) is 0 Å². The summed E-state index contributed by atoms with van der Waals surface area (Å²) in [5.74, 6) is -0.393. The summed E-state index contributed by atoms with van der Waals surface area (Å²) in [7, 11) is 0. The van der Waals surface area contributed by atoms with Crippen LogP contribution >= 0.6 is 12.6 Å². The standard InChI is InChI=1S/C17H13NO2S/c19-16-12-7-3-4-8-13(12)17(20)18(16)14-9-15(21)11-6-2-1-5-10(11)14/h1-8,14-15,21H,9H2. The molecule has 2 aromatic carbocycles. The highest BCUT2D eigenvalue weighted by atomic mass is 32.1. The molecular weight excluding hydrogens is 282 g/mol. The van der Waals surface area contributed by atoms with E-state index in [1.807, 2.05) is 24.3 Å². The van der Waals surface area contributed by atoms with E-state index in [9.17, 15) is 9.59 Å². The molecule has 0 fully saturated rings. The van der Waals surface area contributed by atoms with Crippen LogP contribution in [-0.4, -0.2) is 16.7 Å². The summed E-state index contributed by atoms with van der Waals surface area (Å²) >= 11 is 4.60. The molecule has 1 aliphatic carbocycles. The molecule has 104 valence electrons. The number of amides is 2. The maximum absolute atomic E-state index is 12.6. The van der Waals surface area contributed by atoms with Crippen molar-refractivity contribution in [3.63, 3.8) is 0 Å². The minimum Gasteiger partial charge on any atom is -0.269 e. The van der Waals surface area contributed by atoms with Crippen LogP contribution in [0.3, 0.4) is 0 Å². The fraction of sp³-hybridized carbons (Fsp3) is 0.176. The molecule has 0 radical (unpaired) electrons. The smallest absolute Gasteiger partial charge is 0.262 e. The molecule has 4 heteroatoms. The summed E-state index contributed by atoms with van der Waals surface area (Å²) in [4.78, 5) is 26.6. The lowest BCUT2D eigenvalue weighted by molar-refractivity contribution is 0.0582. The van der Waals surface area contributed by atoms with Gasteiger partial charge in [-0.15, -0.1) is 0 Å². The molecule has 2 aromatic rings. The van der Waals surface area contributed by atoms with Crippen molar-refractivity contribution < 1.29 is 9.59 Å². The number of carbonyl (C=O) groups is 2. The lowest BCUT2D eigenvalue weighted by atomic mass is 10.1. The zero-order valence-corrected chi connectivity index (χ0v) is 12.1. The molecule has 0 saturated carbocycles. The Balaban J connectivity index is 1.80. The Labute approximate surface area is 128 Å². The summed E-state index contributed by atoms with van der Waals surface area (Å²) in [5, 5.41) is 0.0653. The van der Waals surface area contributed by atoms with E-state index in [-0.39, 0.29) is 23.1 Å². The van der Waals surface area contributed by atoms with Crippen molar-refractivity contribution in [1.29, 1.82) is 0 Å². The Bertz CT molecular complexity index is 736. The Morgan fingerprint density at radius 3 is 2.00 bits per heavy atom. The van der Waals surface area contributed by atoms with Crippen LogP contribution < -0.4 is 0 Å². The number of hydrogen-bond acceptors (Lipinski definition) is 3. The van der Waals surface area contributed by atoms with Crippen LogP contribution in [0.1, 0.15) is 49.6 Å². The first-order valence-corrected chi connectivity index (χ1v) is 7.44. The first-order valence-electron chi connectivity index (χ1n) is 6.92. The average Bonchev–Trinajstić information content (AvgIpc) is 2.96. The van der Waals surface area contributed by atoms with Crippen molar-refractivity contribution in [2.45, 2.75) is 17.7 Å². The number of imide groups is 1. The molecule has 2 amide bonds. The molecule has 0 spiro atoms. The number of rotatable bonds is 1. The van der Waals surface area contributed by atoms with Gasteiger partial charge in [0.25, 0.3) is 11.8 Å². The van der Waals surface area contributed by atoms with E-state index in [2.05, 4.69) is 12.6 Å². The SMILES string of the molecule is O=C1c2ccccc2C(=O)N1C1CC(S)c2ccccc21. The van der Waals surface area contributed by atoms with Gasteiger partial charge in [-0.3, -0.25) is 14.5 Å². The minimum absolute atomic E-state index is 0.0653. The van der Waals surface area contributed by atoms with Gasteiger partial charge in [-0.2, -0.15) is 12.6 Å². The molecule has 1 heterocycles. The van der Waals surface area contributed by atoms with Crippen molar-refractivity contribution in [2.24, 2.45) is 0 Å². The number of thiol groups is 1. The first-order chi connectivity index (χ1) is 10.2. The third kappa shape index (κ3) is 1.69. The topological polar surface area (TPSA) is 37.4 Å².